The van der Waals surface area contributed by atoms with E-state index in [1.165, 1.54) is 6.33 Å². The number of hydrogen-bond donors (Lipinski definition) is 1. The Labute approximate surface area is 132 Å². The van der Waals surface area contributed by atoms with Gasteiger partial charge in [-0.05, 0) is 5.56 Å². The topological polar surface area (TPSA) is 76.0 Å². The second-order valence-electron chi connectivity index (χ2n) is 5.50. The van der Waals surface area contributed by atoms with Gasteiger partial charge in [0.25, 0.3) is 0 Å². The lowest BCUT2D eigenvalue weighted by Crippen LogP contribution is -2.37. The SMILES string of the molecule is O=c1[nH]c2c(N3CCOCC3)ncnc2n1Cc1ccccc1. The molecule has 0 unspecified atom stereocenters. The van der Waals surface area contributed by atoms with Crippen LogP contribution < -0.4 is 10.6 Å². The Morgan fingerprint density at radius 1 is 1.13 bits per heavy atom. The fourth-order valence-corrected chi connectivity index (χ4v) is 2.88. The highest BCUT2D eigenvalue weighted by Gasteiger charge is 2.19. The van der Waals surface area contributed by atoms with Gasteiger partial charge in [-0.25, -0.2) is 14.8 Å². The number of H-pyrrole nitrogens is 1. The van der Waals surface area contributed by atoms with Crippen molar-refractivity contribution in [2.24, 2.45) is 0 Å². The van der Waals surface area contributed by atoms with E-state index in [2.05, 4.69) is 19.9 Å². The second kappa shape index (κ2) is 5.85. The summed E-state index contributed by atoms with van der Waals surface area (Å²) in [5.41, 5.74) is 2.21. The summed E-state index contributed by atoms with van der Waals surface area (Å²) in [5, 5.41) is 0. The van der Waals surface area contributed by atoms with Crippen LogP contribution in [-0.4, -0.2) is 45.8 Å². The number of nitrogens with zero attached hydrogens (tertiary/aromatic N) is 4. The van der Waals surface area contributed by atoms with Crippen molar-refractivity contribution in [3.05, 3.63) is 52.7 Å². The van der Waals surface area contributed by atoms with Crippen molar-refractivity contribution in [3.8, 4) is 0 Å². The van der Waals surface area contributed by atoms with Crippen molar-refractivity contribution in [3.63, 3.8) is 0 Å². The molecule has 7 heteroatoms. The molecule has 23 heavy (non-hydrogen) atoms. The molecule has 0 spiro atoms. The smallest absolute Gasteiger partial charge is 0.328 e. The van der Waals surface area contributed by atoms with Gasteiger partial charge < -0.3 is 14.6 Å². The number of nitrogens with one attached hydrogen (secondary N) is 1. The van der Waals surface area contributed by atoms with Crippen LogP contribution in [0.2, 0.25) is 0 Å². The quantitative estimate of drug-likeness (QED) is 0.781. The van der Waals surface area contributed by atoms with Crippen LogP contribution in [-0.2, 0) is 11.3 Å². The lowest BCUT2D eigenvalue weighted by Gasteiger charge is -2.27. The minimum atomic E-state index is -0.168. The van der Waals surface area contributed by atoms with E-state index in [4.69, 9.17) is 4.74 Å². The Bertz CT molecular complexity index is 865. The summed E-state index contributed by atoms with van der Waals surface area (Å²) in [6.07, 6.45) is 1.52. The van der Waals surface area contributed by atoms with Crippen molar-refractivity contribution in [2.45, 2.75) is 6.54 Å². The molecule has 1 saturated heterocycles. The lowest BCUT2D eigenvalue weighted by molar-refractivity contribution is 0.122. The number of aromatic nitrogens is 4. The predicted molar refractivity (Wildman–Crippen MR) is 86.7 cm³/mol. The summed E-state index contributed by atoms with van der Waals surface area (Å²) in [6, 6.07) is 9.87. The fraction of sp³-hybridized carbons (Fsp3) is 0.312. The molecule has 0 saturated carbocycles. The van der Waals surface area contributed by atoms with E-state index in [9.17, 15) is 4.79 Å². The zero-order valence-corrected chi connectivity index (χ0v) is 12.6. The van der Waals surface area contributed by atoms with Gasteiger partial charge in [0.15, 0.2) is 11.5 Å². The number of fused-ring (bicyclic) bond motifs is 1. The molecule has 0 amide bonds. The van der Waals surface area contributed by atoms with Crippen LogP contribution in [0, 0.1) is 0 Å². The second-order valence-corrected chi connectivity index (χ2v) is 5.50. The van der Waals surface area contributed by atoms with Crippen molar-refractivity contribution in [2.75, 3.05) is 31.2 Å². The maximum absolute atomic E-state index is 12.4. The number of morpholine rings is 1. The van der Waals surface area contributed by atoms with Crippen molar-refractivity contribution >= 4 is 17.0 Å². The Kier molecular flexibility index (Phi) is 3.55. The first-order valence-corrected chi connectivity index (χ1v) is 7.63. The van der Waals surface area contributed by atoms with Gasteiger partial charge in [-0.1, -0.05) is 30.3 Å². The van der Waals surface area contributed by atoms with Gasteiger partial charge in [0.1, 0.15) is 11.8 Å². The first-order valence-electron chi connectivity index (χ1n) is 7.63. The third-order valence-corrected chi connectivity index (χ3v) is 4.03. The molecule has 4 rings (SSSR count). The van der Waals surface area contributed by atoms with E-state index < -0.39 is 0 Å². The molecule has 3 aromatic rings. The molecule has 0 aliphatic carbocycles. The zero-order chi connectivity index (χ0) is 15.6. The largest absolute Gasteiger partial charge is 0.378 e. The summed E-state index contributed by atoms with van der Waals surface area (Å²) in [5.74, 6) is 0.766. The van der Waals surface area contributed by atoms with E-state index in [1.807, 2.05) is 30.3 Å². The van der Waals surface area contributed by atoms with Crippen LogP contribution in [0.4, 0.5) is 5.82 Å². The van der Waals surface area contributed by atoms with E-state index in [-0.39, 0.29) is 5.69 Å². The summed E-state index contributed by atoms with van der Waals surface area (Å²) in [4.78, 5) is 26.1. The number of hydrogen-bond acceptors (Lipinski definition) is 5. The van der Waals surface area contributed by atoms with Gasteiger partial charge in [0.2, 0.25) is 0 Å². The van der Waals surface area contributed by atoms with Gasteiger partial charge in [-0.2, -0.15) is 0 Å². The average Bonchev–Trinajstić information content (AvgIpc) is 2.92. The minimum absolute atomic E-state index is 0.168. The number of ether oxygens (including phenoxy) is 1. The van der Waals surface area contributed by atoms with Crippen LogP contribution in [0.3, 0.4) is 0 Å². The molecule has 3 heterocycles. The molecule has 1 aromatic carbocycles. The molecule has 118 valence electrons. The van der Waals surface area contributed by atoms with Crippen LogP contribution in [0.5, 0.6) is 0 Å². The van der Waals surface area contributed by atoms with Crippen molar-refractivity contribution in [1.29, 1.82) is 0 Å². The summed E-state index contributed by atoms with van der Waals surface area (Å²) < 4.78 is 7.03. The molecule has 1 aliphatic rings. The van der Waals surface area contributed by atoms with Crippen molar-refractivity contribution in [1.82, 2.24) is 19.5 Å². The Morgan fingerprint density at radius 2 is 1.91 bits per heavy atom. The van der Waals surface area contributed by atoms with Gasteiger partial charge in [0.05, 0.1) is 19.8 Å². The number of aromatic amines is 1. The van der Waals surface area contributed by atoms with Gasteiger partial charge in [-0.15, -0.1) is 0 Å². The van der Waals surface area contributed by atoms with E-state index in [0.717, 1.165) is 24.5 Å². The molecule has 1 aliphatic heterocycles. The highest BCUT2D eigenvalue weighted by molar-refractivity contribution is 5.83. The molecule has 0 radical (unpaired) electrons. The maximum Gasteiger partial charge on any atom is 0.328 e. The first-order chi connectivity index (χ1) is 11.3. The highest BCUT2D eigenvalue weighted by Crippen LogP contribution is 2.21. The number of rotatable bonds is 3. The van der Waals surface area contributed by atoms with Gasteiger partial charge in [-0.3, -0.25) is 4.57 Å². The predicted octanol–water partition coefficient (Wildman–Crippen LogP) is 1.00. The summed E-state index contributed by atoms with van der Waals surface area (Å²) >= 11 is 0. The fourth-order valence-electron chi connectivity index (χ4n) is 2.88. The number of anilines is 1. The summed E-state index contributed by atoms with van der Waals surface area (Å²) in [7, 11) is 0. The molecular formula is C16H17N5O2. The Balaban J connectivity index is 1.78. The number of imidazole rings is 1. The molecule has 0 atom stereocenters. The number of benzene rings is 1. The molecule has 2 aromatic heterocycles. The third kappa shape index (κ3) is 2.59. The standard InChI is InChI=1S/C16H17N5O2/c22-16-19-13-14(20-6-8-23-9-7-20)17-11-18-15(13)21(16)10-12-4-2-1-3-5-12/h1-5,11H,6-10H2,(H,19,22). The van der Waals surface area contributed by atoms with E-state index in [1.54, 1.807) is 4.57 Å². The molecule has 1 fully saturated rings. The third-order valence-electron chi connectivity index (χ3n) is 4.03. The van der Waals surface area contributed by atoms with E-state index in [0.29, 0.717) is 30.9 Å². The average molecular weight is 311 g/mol. The van der Waals surface area contributed by atoms with Gasteiger partial charge in [0, 0.05) is 13.1 Å². The monoisotopic (exact) mass is 311 g/mol. The first kappa shape index (κ1) is 14.0. The molecule has 1 N–H and O–H groups in total. The van der Waals surface area contributed by atoms with Crippen LogP contribution in [0.25, 0.3) is 11.2 Å². The highest BCUT2D eigenvalue weighted by atomic mass is 16.5. The van der Waals surface area contributed by atoms with E-state index >= 15 is 0 Å². The van der Waals surface area contributed by atoms with Crippen LogP contribution in [0.1, 0.15) is 5.56 Å². The van der Waals surface area contributed by atoms with Crippen LogP contribution in [0.15, 0.2) is 41.5 Å². The molecular weight excluding hydrogens is 294 g/mol. The van der Waals surface area contributed by atoms with Crippen molar-refractivity contribution < 1.29 is 4.74 Å². The van der Waals surface area contributed by atoms with Gasteiger partial charge >= 0.3 is 5.69 Å². The maximum atomic E-state index is 12.4. The lowest BCUT2D eigenvalue weighted by atomic mass is 10.2. The van der Waals surface area contributed by atoms with Crippen LogP contribution >= 0.6 is 0 Å². The molecule has 0 bridgehead atoms. The summed E-state index contributed by atoms with van der Waals surface area (Å²) in [6.45, 7) is 3.34. The normalized spacial score (nSPS) is 15.2. The Hall–Kier alpha value is -2.67. The molecule has 7 nitrogen and oxygen atoms in total. The zero-order valence-electron chi connectivity index (χ0n) is 12.6. The minimum Gasteiger partial charge on any atom is -0.378 e. The Morgan fingerprint density at radius 3 is 2.70 bits per heavy atom.